The van der Waals surface area contributed by atoms with Crippen molar-refractivity contribution in [1.82, 2.24) is 0 Å². The number of allylic oxidation sites excluding steroid dienone is 3. The van der Waals surface area contributed by atoms with Crippen LogP contribution in [0.5, 0.6) is 5.75 Å². The number of anilines is 1. The van der Waals surface area contributed by atoms with Crippen LogP contribution in [0.25, 0.3) is 6.08 Å². The SMILES string of the molecule is COc1ccc(N2C(=O)/C=C(/C)CC(c3ccccc3)/C=C2/C=C/c2ccccc2)cc1. The Bertz CT molecular complexity index is 1140. The van der Waals surface area contributed by atoms with Gasteiger partial charge in [-0.05, 0) is 54.8 Å². The minimum atomic E-state index is -0.0526. The van der Waals surface area contributed by atoms with Crippen LogP contribution in [0.1, 0.15) is 30.4 Å². The van der Waals surface area contributed by atoms with Crippen molar-refractivity contribution in [2.45, 2.75) is 19.3 Å². The highest BCUT2D eigenvalue weighted by Gasteiger charge is 2.23. The topological polar surface area (TPSA) is 29.5 Å². The van der Waals surface area contributed by atoms with Crippen LogP contribution in [0.15, 0.2) is 114 Å². The summed E-state index contributed by atoms with van der Waals surface area (Å²) >= 11 is 0. The molecular weight excluding hydrogens is 394 g/mol. The molecule has 1 heterocycles. The molecule has 1 amide bonds. The largest absolute Gasteiger partial charge is 0.497 e. The quantitative estimate of drug-likeness (QED) is 0.455. The molecular formula is C29H27NO2. The van der Waals surface area contributed by atoms with Gasteiger partial charge in [0, 0.05) is 23.4 Å². The lowest BCUT2D eigenvalue weighted by molar-refractivity contribution is -0.113. The number of methoxy groups -OCH3 is 1. The molecule has 0 saturated heterocycles. The maximum Gasteiger partial charge on any atom is 0.255 e. The Labute approximate surface area is 190 Å². The third kappa shape index (κ3) is 5.06. The van der Waals surface area contributed by atoms with Crippen LogP contribution in [0, 0.1) is 0 Å². The third-order valence-electron chi connectivity index (χ3n) is 5.57. The number of nitrogens with zero attached hydrogens (tertiary/aromatic N) is 1. The van der Waals surface area contributed by atoms with Gasteiger partial charge < -0.3 is 4.74 Å². The van der Waals surface area contributed by atoms with Gasteiger partial charge in [-0.15, -0.1) is 0 Å². The van der Waals surface area contributed by atoms with E-state index in [0.29, 0.717) is 0 Å². The van der Waals surface area contributed by atoms with E-state index in [-0.39, 0.29) is 11.8 Å². The molecule has 1 aliphatic heterocycles. The zero-order valence-corrected chi connectivity index (χ0v) is 18.4. The van der Waals surface area contributed by atoms with E-state index >= 15 is 0 Å². The molecule has 3 heteroatoms. The second kappa shape index (κ2) is 9.97. The van der Waals surface area contributed by atoms with E-state index in [0.717, 1.165) is 34.7 Å². The summed E-state index contributed by atoms with van der Waals surface area (Å²) in [4.78, 5) is 15.1. The van der Waals surface area contributed by atoms with Gasteiger partial charge in [0.05, 0.1) is 7.11 Å². The molecule has 0 bridgehead atoms. The Balaban J connectivity index is 1.83. The number of amides is 1. The third-order valence-corrected chi connectivity index (χ3v) is 5.57. The van der Waals surface area contributed by atoms with Crippen molar-refractivity contribution in [3.8, 4) is 5.75 Å². The average molecular weight is 422 g/mol. The zero-order chi connectivity index (χ0) is 22.3. The van der Waals surface area contributed by atoms with Crippen molar-refractivity contribution < 1.29 is 9.53 Å². The predicted octanol–water partition coefficient (Wildman–Crippen LogP) is 6.76. The second-order valence-corrected chi connectivity index (χ2v) is 7.92. The number of ether oxygens (including phenoxy) is 1. The summed E-state index contributed by atoms with van der Waals surface area (Å²) in [7, 11) is 1.64. The number of rotatable bonds is 5. The fourth-order valence-electron chi connectivity index (χ4n) is 3.95. The molecule has 3 aromatic carbocycles. The van der Waals surface area contributed by atoms with Crippen LogP contribution in [-0.2, 0) is 4.79 Å². The van der Waals surface area contributed by atoms with E-state index in [1.165, 1.54) is 5.56 Å². The van der Waals surface area contributed by atoms with Gasteiger partial charge in [0.2, 0.25) is 0 Å². The summed E-state index contributed by atoms with van der Waals surface area (Å²) in [5.41, 5.74) is 5.03. The molecule has 160 valence electrons. The van der Waals surface area contributed by atoms with Gasteiger partial charge in [-0.1, -0.05) is 78.4 Å². The zero-order valence-electron chi connectivity index (χ0n) is 18.4. The maximum absolute atomic E-state index is 13.3. The summed E-state index contributed by atoms with van der Waals surface area (Å²) in [6.45, 7) is 2.03. The number of benzene rings is 3. The standard InChI is InChI=1S/C29H27NO2/c1-22-19-25(24-11-7-4-8-12-24)21-27(14-13-23-9-5-3-6-10-23)30(29(31)20-22)26-15-17-28(32-2)18-16-26/h3-18,20-21,25H,19H2,1-2H3/b14-13+,22-20-,27-21-. The predicted molar refractivity (Wildman–Crippen MR) is 132 cm³/mol. The van der Waals surface area contributed by atoms with E-state index in [2.05, 4.69) is 48.6 Å². The Morgan fingerprint density at radius 2 is 1.53 bits per heavy atom. The first kappa shape index (κ1) is 21.4. The van der Waals surface area contributed by atoms with Gasteiger partial charge in [0.25, 0.3) is 5.91 Å². The molecule has 3 nitrogen and oxygen atoms in total. The maximum atomic E-state index is 13.3. The van der Waals surface area contributed by atoms with Crippen LogP contribution >= 0.6 is 0 Å². The Kier molecular flexibility index (Phi) is 6.66. The molecule has 4 rings (SSSR count). The number of carbonyl (C=O) groups excluding carboxylic acids is 1. The van der Waals surface area contributed by atoms with Crippen LogP contribution < -0.4 is 9.64 Å². The highest BCUT2D eigenvalue weighted by molar-refractivity contribution is 6.05. The summed E-state index contributed by atoms with van der Waals surface area (Å²) < 4.78 is 5.31. The highest BCUT2D eigenvalue weighted by Crippen LogP contribution is 2.32. The van der Waals surface area contributed by atoms with Gasteiger partial charge in [0.15, 0.2) is 0 Å². The van der Waals surface area contributed by atoms with Gasteiger partial charge in [-0.25, -0.2) is 0 Å². The van der Waals surface area contributed by atoms with Gasteiger partial charge in [0.1, 0.15) is 5.75 Å². The van der Waals surface area contributed by atoms with Gasteiger partial charge >= 0.3 is 0 Å². The first-order valence-corrected chi connectivity index (χ1v) is 10.8. The summed E-state index contributed by atoms with van der Waals surface area (Å²) in [5, 5.41) is 0. The molecule has 32 heavy (non-hydrogen) atoms. The van der Waals surface area contributed by atoms with Crippen molar-refractivity contribution in [2.75, 3.05) is 12.0 Å². The average Bonchev–Trinajstić information content (AvgIpc) is 2.82. The van der Waals surface area contributed by atoms with Crippen molar-refractivity contribution in [3.05, 3.63) is 126 Å². The molecule has 1 aliphatic rings. The Hall–Kier alpha value is -3.85. The van der Waals surface area contributed by atoms with E-state index in [1.807, 2.05) is 61.5 Å². The minimum Gasteiger partial charge on any atom is -0.497 e. The molecule has 0 fully saturated rings. The molecule has 0 saturated carbocycles. The molecule has 0 spiro atoms. The van der Waals surface area contributed by atoms with Crippen LogP contribution in [0.4, 0.5) is 5.69 Å². The molecule has 1 atom stereocenters. The van der Waals surface area contributed by atoms with E-state index in [4.69, 9.17) is 4.74 Å². The molecule has 3 aromatic rings. The number of hydrogen-bond donors (Lipinski definition) is 0. The monoisotopic (exact) mass is 421 g/mol. The lowest BCUT2D eigenvalue weighted by Gasteiger charge is -2.27. The van der Waals surface area contributed by atoms with E-state index in [1.54, 1.807) is 18.1 Å². The molecule has 0 radical (unpaired) electrons. The first-order valence-electron chi connectivity index (χ1n) is 10.8. The number of carbonyl (C=O) groups is 1. The minimum absolute atomic E-state index is 0.0526. The molecule has 0 N–H and O–H groups in total. The van der Waals surface area contributed by atoms with Crippen molar-refractivity contribution in [1.29, 1.82) is 0 Å². The lowest BCUT2D eigenvalue weighted by Crippen LogP contribution is -2.29. The molecule has 1 unspecified atom stereocenters. The van der Waals surface area contributed by atoms with Gasteiger partial charge in [-0.2, -0.15) is 0 Å². The highest BCUT2D eigenvalue weighted by atomic mass is 16.5. The van der Waals surface area contributed by atoms with Crippen LogP contribution in [0.3, 0.4) is 0 Å². The smallest absolute Gasteiger partial charge is 0.255 e. The number of hydrogen-bond acceptors (Lipinski definition) is 2. The fourth-order valence-corrected chi connectivity index (χ4v) is 3.95. The van der Waals surface area contributed by atoms with Crippen molar-refractivity contribution in [2.24, 2.45) is 0 Å². The lowest BCUT2D eigenvalue weighted by atomic mass is 9.89. The van der Waals surface area contributed by atoms with E-state index in [9.17, 15) is 4.79 Å². The normalized spacial score (nSPS) is 20.1. The van der Waals surface area contributed by atoms with Crippen LogP contribution in [0.2, 0.25) is 0 Å². The van der Waals surface area contributed by atoms with Crippen LogP contribution in [-0.4, -0.2) is 13.0 Å². The second-order valence-electron chi connectivity index (χ2n) is 7.92. The molecule has 0 aliphatic carbocycles. The summed E-state index contributed by atoms with van der Waals surface area (Å²) in [6.07, 6.45) is 8.84. The molecule has 0 aromatic heterocycles. The fraction of sp³-hybridized carbons (Fsp3) is 0.138. The summed E-state index contributed by atoms with van der Waals surface area (Å²) in [5.74, 6) is 0.868. The Morgan fingerprint density at radius 1 is 0.875 bits per heavy atom. The van der Waals surface area contributed by atoms with Crippen molar-refractivity contribution in [3.63, 3.8) is 0 Å². The summed E-state index contributed by atoms with van der Waals surface area (Å²) in [6, 6.07) is 28.2. The first-order chi connectivity index (χ1) is 15.6. The van der Waals surface area contributed by atoms with E-state index < -0.39 is 0 Å². The van der Waals surface area contributed by atoms with Gasteiger partial charge in [-0.3, -0.25) is 9.69 Å². The Morgan fingerprint density at radius 3 is 2.19 bits per heavy atom. The van der Waals surface area contributed by atoms with Crippen molar-refractivity contribution >= 4 is 17.7 Å².